The van der Waals surface area contributed by atoms with Crippen molar-refractivity contribution in [2.45, 2.75) is 9.79 Å². The van der Waals surface area contributed by atoms with Gasteiger partial charge in [0.15, 0.2) is 0 Å². The summed E-state index contributed by atoms with van der Waals surface area (Å²) in [5.74, 6) is -1.88. The number of hydrogen-bond acceptors (Lipinski definition) is 7. The van der Waals surface area contributed by atoms with Crippen LogP contribution < -0.4 is 16.0 Å². The van der Waals surface area contributed by atoms with Gasteiger partial charge in [0.1, 0.15) is 0 Å². The molecule has 0 spiro atoms. The number of carbonyl (C=O) groups is 3. The van der Waals surface area contributed by atoms with Gasteiger partial charge >= 0.3 is 0 Å². The van der Waals surface area contributed by atoms with E-state index in [1.54, 1.807) is 36.4 Å². The van der Waals surface area contributed by atoms with Crippen LogP contribution in [0, 0.1) is 0 Å². The maximum Gasteiger partial charge on any atom is 0.294 e. The van der Waals surface area contributed by atoms with Gasteiger partial charge in [-0.3, -0.25) is 23.5 Å². The highest BCUT2D eigenvalue weighted by molar-refractivity contribution is 7.86. The van der Waals surface area contributed by atoms with Crippen LogP contribution in [0.4, 0.5) is 17.1 Å². The minimum atomic E-state index is -4.47. The van der Waals surface area contributed by atoms with Gasteiger partial charge in [0, 0.05) is 49.5 Å². The number of benzene rings is 6. The van der Waals surface area contributed by atoms with E-state index >= 15 is 0 Å². The van der Waals surface area contributed by atoms with Crippen LogP contribution >= 0.6 is 11.6 Å². The smallest absolute Gasteiger partial charge is 0.294 e. The Hall–Kier alpha value is -5.64. The molecule has 0 atom stereocenters. The molecule has 252 valence electrons. The minimum absolute atomic E-state index is 0.0219. The highest BCUT2D eigenvalue weighted by Gasteiger charge is 2.19. The summed E-state index contributed by atoms with van der Waals surface area (Å²) in [6.07, 6.45) is 0. The molecule has 0 bridgehead atoms. The molecular formula is C35H24ClN3O9S2. The molecule has 3 amide bonds. The fourth-order valence-corrected chi connectivity index (χ4v) is 6.38. The summed E-state index contributed by atoms with van der Waals surface area (Å²) in [5, 5.41) is 10.4. The van der Waals surface area contributed by atoms with Crippen molar-refractivity contribution in [1.82, 2.24) is 0 Å². The van der Waals surface area contributed by atoms with Crippen LogP contribution in [-0.2, 0) is 20.2 Å². The Morgan fingerprint density at radius 3 is 1.38 bits per heavy atom. The molecule has 0 aromatic heterocycles. The molecule has 50 heavy (non-hydrogen) atoms. The molecule has 12 nitrogen and oxygen atoms in total. The van der Waals surface area contributed by atoms with Gasteiger partial charge in [-0.1, -0.05) is 48.0 Å². The molecule has 0 aliphatic carbocycles. The lowest BCUT2D eigenvalue weighted by molar-refractivity contribution is 0.101. The van der Waals surface area contributed by atoms with Gasteiger partial charge in [-0.25, -0.2) is 0 Å². The number of halogens is 1. The zero-order valence-corrected chi connectivity index (χ0v) is 27.8. The lowest BCUT2D eigenvalue weighted by Crippen LogP contribution is -2.18. The first-order chi connectivity index (χ1) is 23.7. The van der Waals surface area contributed by atoms with E-state index in [4.69, 9.17) is 11.6 Å². The van der Waals surface area contributed by atoms with Crippen molar-refractivity contribution < 1.29 is 40.3 Å². The second kappa shape index (κ2) is 13.3. The number of nitrogens with one attached hydrogen (secondary N) is 3. The van der Waals surface area contributed by atoms with Crippen molar-refractivity contribution in [3.05, 3.63) is 137 Å². The highest BCUT2D eigenvalue weighted by Crippen LogP contribution is 2.29. The second-order valence-corrected chi connectivity index (χ2v) is 14.3. The molecule has 5 N–H and O–H groups in total. The van der Waals surface area contributed by atoms with Gasteiger partial charge in [-0.2, -0.15) is 16.8 Å². The molecule has 0 heterocycles. The fraction of sp³-hybridized carbons (Fsp3) is 0. The van der Waals surface area contributed by atoms with Gasteiger partial charge in [0.2, 0.25) is 0 Å². The number of anilines is 3. The highest BCUT2D eigenvalue weighted by atomic mass is 35.5. The third kappa shape index (κ3) is 7.49. The first-order valence-electron chi connectivity index (χ1n) is 14.5. The van der Waals surface area contributed by atoms with Crippen LogP contribution in [0.1, 0.15) is 31.1 Å². The average Bonchev–Trinajstić information content (AvgIpc) is 3.07. The molecule has 0 aliphatic heterocycles. The maximum absolute atomic E-state index is 13.7. The minimum Gasteiger partial charge on any atom is -0.322 e. The summed E-state index contributed by atoms with van der Waals surface area (Å²) in [6.45, 7) is 0. The molecule has 0 radical (unpaired) electrons. The summed E-state index contributed by atoms with van der Waals surface area (Å²) in [6, 6.07) is 27.4. The first-order valence-corrected chi connectivity index (χ1v) is 17.8. The summed E-state index contributed by atoms with van der Waals surface area (Å²) in [4.78, 5) is 39.8. The average molecular weight is 730 g/mol. The largest absolute Gasteiger partial charge is 0.322 e. The summed E-state index contributed by atoms with van der Waals surface area (Å²) in [5.41, 5.74) is 0.925. The topological polar surface area (TPSA) is 196 Å². The molecule has 0 fully saturated rings. The zero-order valence-electron chi connectivity index (χ0n) is 25.4. The van der Waals surface area contributed by atoms with Gasteiger partial charge in [0.25, 0.3) is 38.0 Å². The van der Waals surface area contributed by atoms with E-state index < -0.39 is 38.0 Å². The molecule has 6 rings (SSSR count). The number of fused-ring (bicyclic) bond motifs is 2. The Balaban J connectivity index is 1.36. The summed E-state index contributed by atoms with van der Waals surface area (Å²) < 4.78 is 65.5. The summed E-state index contributed by atoms with van der Waals surface area (Å²) in [7, 11) is -8.93. The van der Waals surface area contributed by atoms with Crippen molar-refractivity contribution in [2.75, 3.05) is 16.0 Å². The van der Waals surface area contributed by atoms with Crippen LogP contribution in [0.3, 0.4) is 0 Å². The second-order valence-electron chi connectivity index (χ2n) is 11.0. The van der Waals surface area contributed by atoms with E-state index in [1.807, 2.05) is 0 Å². The van der Waals surface area contributed by atoms with Crippen LogP contribution in [0.2, 0.25) is 5.02 Å². The standard InChI is InChI=1S/C35H24ClN3O9S2/c36-25-9-7-20(8-10-25)33(40)37-26-16-23(34(41)38-31-5-1-3-21-18-27(49(43,44)45)11-13-29(21)31)15-24(17-26)35(42)39-32-6-2-4-22-19-28(50(46,47)48)12-14-30(22)32/h1-19H,(H,37,40)(H,38,41)(H,39,42)(H,43,44,45)(H,46,47,48). The SMILES string of the molecule is O=C(Nc1cc(C(=O)Nc2cccc3cc(S(=O)(=O)O)ccc23)cc(C(=O)Nc2cccc3cc(S(=O)(=O)O)ccc23)c1)c1ccc(Cl)cc1. The first kappa shape index (κ1) is 34.2. The molecule has 6 aromatic carbocycles. The summed E-state index contributed by atoms with van der Waals surface area (Å²) >= 11 is 5.95. The van der Waals surface area contributed by atoms with Crippen molar-refractivity contribution in [3.63, 3.8) is 0 Å². The van der Waals surface area contributed by atoms with E-state index in [0.29, 0.717) is 37.9 Å². The number of carbonyl (C=O) groups excluding carboxylic acids is 3. The van der Waals surface area contributed by atoms with E-state index in [0.717, 1.165) is 0 Å². The van der Waals surface area contributed by atoms with Crippen molar-refractivity contribution in [2.24, 2.45) is 0 Å². The normalized spacial score (nSPS) is 11.7. The predicted molar refractivity (Wildman–Crippen MR) is 189 cm³/mol. The predicted octanol–water partition coefficient (Wildman–Crippen LogP) is 6.90. The van der Waals surface area contributed by atoms with E-state index in [9.17, 15) is 40.3 Å². The fourth-order valence-electron chi connectivity index (χ4n) is 5.22. The molecular weight excluding hydrogens is 706 g/mol. The van der Waals surface area contributed by atoms with E-state index in [2.05, 4.69) is 16.0 Å². The molecule has 0 unspecified atom stereocenters. The zero-order chi connectivity index (χ0) is 35.8. The molecule has 6 aromatic rings. The van der Waals surface area contributed by atoms with Crippen LogP contribution in [0.15, 0.2) is 125 Å². The quantitative estimate of drug-likeness (QED) is 0.104. The maximum atomic E-state index is 13.7. The number of hydrogen-bond donors (Lipinski definition) is 5. The Bertz CT molecular complexity index is 2450. The van der Waals surface area contributed by atoms with E-state index in [1.165, 1.54) is 78.9 Å². The Kier molecular flexibility index (Phi) is 9.14. The van der Waals surface area contributed by atoms with Crippen LogP contribution in [0.25, 0.3) is 21.5 Å². The third-order valence-corrected chi connectivity index (χ3v) is 9.57. The van der Waals surface area contributed by atoms with Crippen LogP contribution in [-0.4, -0.2) is 43.7 Å². The molecule has 0 saturated heterocycles. The monoisotopic (exact) mass is 729 g/mol. The van der Waals surface area contributed by atoms with Crippen LogP contribution in [0.5, 0.6) is 0 Å². The lowest BCUT2D eigenvalue weighted by Gasteiger charge is -2.14. The number of rotatable bonds is 8. The lowest BCUT2D eigenvalue weighted by atomic mass is 10.0. The van der Waals surface area contributed by atoms with Crippen molar-refractivity contribution in [3.8, 4) is 0 Å². The molecule has 15 heteroatoms. The van der Waals surface area contributed by atoms with Gasteiger partial charge in [-0.05, 0) is 89.6 Å². The Morgan fingerprint density at radius 2 is 0.940 bits per heavy atom. The molecule has 0 aliphatic rings. The van der Waals surface area contributed by atoms with Gasteiger partial charge < -0.3 is 16.0 Å². The molecule has 0 saturated carbocycles. The van der Waals surface area contributed by atoms with Crippen molar-refractivity contribution in [1.29, 1.82) is 0 Å². The Morgan fingerprint density at radius 1 is 0.500 bits per heavy atom. The van der Waals surface area contributed by atoms with E-state index in [-0.39, 0.29) is 32.2 Å². The third-order valence-electron chi connectivity index (χ3n) is 7.62. The van der Waals surface area contributed by atoms with Gasteiger partial charge in [0.05, 0.1) is 9.79 Å². The van der Waals surface area contributed by atoms with Crippen molar-refractivity contribution >= 4 is 88.2 Å². The Labute approximate surface area is 290 Å². The number of amides is 3. The van der Waals surface area contributed by atoms with Gasteiger partial charge in [-0.15, -0.1) is 0 Å².